The molecule has 0 aliphatic rings. The molecule has 0 fully saturated rings. The van der Waals surface area contributed by atoms with Gasteiger partial charge in [-0.1, -0.05) is 51.4 Å². The maximum absolute atomic E-state index is 10.0. The van der Waals surface area contributed by atoms with Crippen LogP contribution in [0.25, 0.3) is 0 Å². The van der Waals surface area contributed by atoms with E-state index >= 15 is 0 Å². The monoisotopic (exact) mass is 334 g/mol. The van der Waals surface area contributed by atoms with Gasteiger partial charge in [0.1, 0.15) is 0 Å². The molecule has 0 aromatic heterocycles. The van der Waals surface area contributed by atoms with Crippen LogP contribution in [0, 0.1) is 23.7 Å². The van der Waals surface area contributed by atoms with Crippen LogP contribution in [0.4, 0.5) is 0 Å². The maximum atomic E-state index is 10.0. The van der Waals surface area contributed by atoms with Crippen molar-refractivity contribution in [3.05, 3.63) is 0 Å². The largest absolute Gasteiger partial charge is 0.390 e. The van der Waals surface area contributed by atoms with Gasteiger partial charge in [-0.2, -0.15) is 0 Å². The van der Waals surface area contributed by atoms with Crippen LogP contribution in [-0.4, -0.2) is 22.4 Å². The summed E-state index contributed by atoms with van der Waals surface area (Å²) in [4.78, 5) is 0. The number of rotatable bonds is 15. The van der Waals surface area contributed by atoms with Gasteiger partial charge in [-0.3, -0.25) is 0 Å². The zero-order valence-electron chi connectivity index (χ0n) is 15.9. The van der Waals surface area contributed by atoms with Gasteiger partial charge in [-0.05, 0) is 39.5 Å². The maximum Gasteiger partial charge on any atom is 0.0799 e. The molecule has 0 rings (SSSR count). The highest BCUT2D eigenvalue weighted by Gasteiger charge is 2.14. The Balaban J connectivity index is 3.40. The highest BCUT2D eigenvalue weighted by molar-refractivity contribution is 4.94. The van der Waals surface area contributed by atoms with Crippen LogP contribution in [0.3, 0.4) is 0 Å². The quantitative estimate of drug-likeness (QED) is 0.318. The van der Waals surface area contributed by atoms with E-state index in [1.807, 2.05) is 13.8 Å². The molecule has 0 aliphatic heterocycles. The third kappa shape index (κ3) is 15.9. The van der Waals surface area contributed by atoms with Gasteiger partial charge in [0.05, 0.1) is 12.2 Å². The molecule has 2 nitrogen and oxygen atoms in total. The van der Waals surface area contributed by atoms with Crippen LogP contribution in [0.5, 0.6) is 0 Å². The van der Waals surface area contributed by atoms with E-state index in [1.165, 1.54) is 38.5 Å². The molecule has 0 bridgehead atoms. The lowest BCUT2D eigenvalue weighted by Crippen LogP contribution is -2.25. The fraction of sp³-hybridized carbons (Fsp3) is 0.818. The Labute approximate surface area is 150 Å². The number of aliphatic hydroxyl groups excluding tert-OH is 2. The topological polar surface area (TPSA) is 40.5 Å². The summed E-state index contributed by atoms with van der Waals surface area (Å²) in [6.07, 6.45) is 13.9. The number of hydrogen-bond acceptors (Lipinski definition) is 2. The minimum atomic E-state index is -0.546. The van der Waals surface area contributed by atoms with Crippen molar-refractivity contribution in [3.8, 4) is 23.7 Å². The van der Waals surface area contributed by atoms with Crippen molar-refractivity contribution in [2.75, 3.05) is 0 Å². The van der Waals surface area contributed by atoms with E-state index in [4.69, 9.17) is 0 Å². The first-order valence-corrected chi connectivity index (χ1v) is 9.87. The van der Waals surface area contributed by atoms with Crippen LogP contribution >= 0.6 is 0 Å². The van der Waals surface area contributed by atoms with Crippen molar-refractivity contribution >= 4 is 0 Å². The number of aliphatic hydroxyl groups is 2. The standard InChI is InChI=1S/C22H38O2/c1-3-5-7-9-11-13-15-17-19-21(23)22(24)20-18-16-14-12-10-8-6-4-2/h21-24H,7-20H2,1-2H3. The van der Waals surface area contributed by atoms with Gasteiger partial charge < -0.3 is 10.2 Å². The normalized spacial score (nSPS) is 12.7. The van der Waals surface area contributed by atoms with Crippen molar-refractivity contribution in [3.63, 3.8) is 0 Å². The van der Waals surface area contributed by atoms with Gasteiger partial charge in [0.15, 0.2) is 0 Å². The Morgan fingerprint density at radius 2 is 0.875 bits per heavy atom. The predicted molar refractivity (Wildman–Crippen MR) is 104 cm³/mol. The molecule has 0 amide bonds. The second-order valence-electron chi connectivity index (χ2n) is 6.60. The summed E-state index contributed by atoms with van der Waals surface area (Å²) < 4.78 is 0. The minimum absolute atomic E-state index is 0.546. The minimum Gasteiger partial charge on any atom is -0.390 e. The highest BCUT2D eigenvalue weighted by atomic mass is 16.3. The molecule has 0 radical (unpaired) electrons. The van der Waals surface area contributed by atoms with Crippen molar-refractivity contribution < 1.29 is 10.2 Å². The molecule has 2 atom stereocenters. The highest BCUT2D eigenvalue weighted by Crippen LogP contribution is 2.15. The summed E-state index contributed by atoms with van der Waals surface area (Å²) in [5, 5.41) is 20.0. The molecule has 0 aromatic rings. The SMILES string of the molecule is CC#CCCCCCCCC(O)C(O)CCCCCCCC#CC. The van der Waals surface area contributed by atoms with Crippen molar-refractivity contribution in [2.24, 2.45) is 0 Å². The van der Waals surface area contributed by atoms with Gasteiger partial charge >= 0.3 is 0 Å². The van der Waals surface area contributed by atoms with Crippen molar-refractivity contribution in [1.82, 2.24) is 0 Å². The summed E-state index contributed by atoms with van der Waals surface area (Å²) in [6, 6.07) is 0. The summed E-state index contributed by atoms with van der Waals surface area (Å²) in [5.74, 6) is 12.0. The smallest absolute Gasteiger partial charge is 0.0799 e. The molecule has 24 heavy (non-hydrogen) atoms. The Morgan fingerprint density at radius 1 is 0.542 bits per heavy atom. The van der Waals surface area contributed by atoms with E-state index in [-0.39, 0.29) is 0 Å². The first-order chi connectivity index (χ1) is 11.7. The molecule has 0 saturated heterocycles. The Hall–Kier alpha value is -0.960. The third-order valence-electron chi connectivity index (χ3n) is 4.40. The number of hydrogen-bond donors (Lipinski definition) is 2. The molecule has 0 saturated carbocycles. The van der Waals surface area contributed by atoms with E-state index in [0.717, 1.165) is 51.4 Å². The fourth-order valence-electron chi connectivity index (χ4n) is 2.83. The lowest BCUT2D eigenvalue weighted by Gasteiger charge is -2.17. The van der Waals surface area contributed by atoms with Gasteiger partial charge in [-0.25, -0.2) is 0 Å². The van der Waals surface area contributed by atoms with Crippen LogP contribution in [-0.2, 0) is 0 Å². The number of unbranched alkanes of at least 4 members (excludes halogenated alkanes) is 10. The second-order valence-corrected chi connectivity index (χ2v) is 6.60. The lowest BCUT2D eigenvalue weighted by molar-refractivity contribution is 0.00712. The molecular formula is C22H38O2. The Bertz CT molecular complexity index is 342. The van der Waals surface area contributed by atoms with Gasteiger partial charge in [-0.15, -0.1) is 23.7 Å². The Morgan fingerprint density at radius 3 is 1.25 bits per heavy atom. The van der Waals surface area contributed by atoms with Crippen LogP contribution in [0.1, 0.15) is 104 Å². The summed E-state index contributed by atoms with van der Waals surface area (Å²) in [6.45, 7) is 3.77. The lowest BCUT2D eigenvalue weighted by atomic mass is 9.99. The fourth-order valence-corrected chi connectivity index (χ4v) is 2.83. The molecule has 138 valence electrons. The Kier molecular flexibility index (Phi) is 17.6. The van der Waals surface area contributed by atoms with Crippen LogP contribution in [0.15, 0.2) is 0 Å². The van der Waals surface area contributed by atoms with E-state index in [1.54, 1.807) is 0 Å². The second kappa shape index (κ2) is 18.4. The summed E-state index contributed by atoms with van der Waals surface area (Å²) >= 11 is 0. The first-order valence-electron chi connectivity index (χ1n) is 9.87. The molecule has 2 heteroatoms. The molecule has 0 heterocycles. The molecular weight excluding hydrogens is 296 g/mol. The van der Waals surface area contributed by atoms with Gasteiger partial charge in [0.2, 0.25) is 0 Å². The van der Waals surface area contributed by atoms with E-state index < -0.39 is 12.2 Å². The zero-order chi connectivity index (χ0) is 17.9. The van der Waals surface area contributed by atoms with E-state index in [0.29, 0.717) is 0 Å². The predicted octanol–water partition coefficient (Wildman–Crippen LogP) is 5.22. The summed E-state index contributed by atoms with van der Waals surface area (Å²) in [5.41, 5.74) is 0. The van der Waals surface area contributed by atoms with Gasteiger partial charge in [0.25, 0.3) is 0 Å². The first kappa shape index (κ1) is 23.0. The average Bonchev–Trinajstić information content (AvgIpc) is 2.59. The molecule has 2 N–H and O–H groups in total. The van der Waals surface area contributed by atoms with Gasteiger partial charge in [0, 0.05) is 12.8 Å². The van der Waals surface area contributed by atoms with E-state index in [9.17, 15) is 10.2 Å². The third-order valence-corrected chi connectivity index (χ3v) is 4.40. The van der Waals surface area contributed by atoms with Crippen LogP contribution in [0.2, 0.25) is 0 Å². The molecule has 2 unspecified atom stereocenters. The van der Waals surface area contributed by atoms with E-state index in [2.05, 4.69) is 23.7 Å². The average molecular weight is 335 g/mol. The zero-order valence-corrected chi connectivity index (χ0v) is 15.9. The van der Waals surface area contributed by atoms with Crippen LogP contribution < -0.4 is 0 Å². The van der Waals surface area contributed by atoms with Crippen molar-refractivity contribution in [1.29, 1.82) is 0 Å². The van der Waals surface area contributed by atoms with Crippen molar-refractivity contribution in [2.45, 2.75) is 116 Å². The molecule has 0 aliphatic carbocycles. The molecule has 0 aromatic carbocycles. The molecule has 0 spiro atoms. The summed E-state index contributed by atoms with van der Waals surface area (Å²) in [7, 11) is 0.